The van der Waals surface area contributed by atoms with Gasteiger partial charge in [0.05, 0.1) is 19.3 Å². The second kappa shape index (κ2) is 5.10. The Kier molecular flexibility index (Phi) is 3.76. The number of ether oxygens (including phenoxy) is 1. The summed E-state index contributed by atoms with van der Waals surface area (Å²) in [6, 6.07) is 5.84. The topological polar surface area (TPSA) is 33.6 Å². The molecular weight excluding hydrogens is 288 g/mol. The maximum atomic E-state index is 5.19. The summed E-state index contributed by atoms with van der Waals surface area (Å²) < 4.78 is 6.20. The molecule has 3 nitrogen and oxygen atoms in total. The van der Waals surface area contributed by atoms with Crippen LogP contribution < -0.4 is 10.1 Å². The van der Waals surface area contributed by atoms with Gasteiger partial charge in [0.2, 0.25) is 0 Å². The maximum absolute atomic E-state index is 5.19. The van der Waals surface area contributed by atoms with E-state index >= 15 is 0 Å². The normalized spacial score (nSPS) is 19.4. The van der Waals surface area contributed by atoms with Crippen LogP contribution in [0.5, 0.6) is 5.75 Å². The molecule has 16 heavy (non-hydrogen) atoms. The first kappa shape index (κ1) is 11.8. The minimum Gasteiger partial charge on any atom is -0.497 e. The molecule has 5 heteroatoms. The zero-order valence-corrected chi connectivity index (χ0v) is 11.6. The number of benzene rings is 1. The van der Waals surface area contributed by atoms with Gasteiger partial charge in [-0.3, -0.25) is 4.99 Å². The molecule has 1 N–H and O–H groups in total. The first-order valence-electron chi connectivity index (χ1n) is 5.00. The summed E-state index contributed by atoms with van der Waals surface area (Å²) >= 11 is 5.26. The van der Waals surface area contributed by atoms with Crippen molar-refractivity contribution in [3.8, 4) is 5.75 Å². The fourth-order valence-electron chi connectivity index (χ4n) is 1.39. The molecule has 1 aliphatic heterocycles. The van der Waals surface area contributed by atoms with E-state index in [1.54, 1.807) is 18.9 Å². The van der Waals surface area contributed by atoms with E-state index in [9.17, 15) is 0 Å². The van der Waals surface area contributed by atoms with E-state index in [-0.39, 0.29) is 0 Å². The number of methoxy groups -OCH3 is 1. The lowest BCUT2D eigenvalue weighted by molar-refractivity contribution is 0.415. The standard InChI is InChI=1S/C11H13BrN2OS/c1-7-6-13-11(16-7)14-10-5-8(15-2)3-4-9(10)12/h3-5,7H,6H2,1-2H3,(H,13,14). The van der Waals surface area contributed by atoms with Gasteiger partial charge in [-0.15, -0.1) is 0 Å². The predicted octanol–water partition coefficient (Wildman–Crippen LogP) is 3.36. The number of hydrogen-bond donors (Lipinski definition) is 1. The number of halogens is 1. The van der Waals surface area contributed by atoms with E-state index in [0.717, 1.165) is 27.6 Å². The van der Waals surface area contributed by atoms with Crippen LogP contribution in [0.3, 0.4) is 0 Å². The SMILES string of the molecule is COc1ccc(Br)c(NC2=NCC(C)S2)c1. The number of amidine groups is 1. The minimum absolute atomic E-state index is 0.562. The van der Waals surface area contributed by atoms with Crippen LogP contribution in [0.1, 0.15) is 6.92 Å². The van der Waals surface area contributed by atoms with Crippen LogP contribution in [0, 0.1) is 0 Å². The third-order valence-electron chi connectivity index (χ3n) is 2.22. The number of aliphatic imine (C=N–C) groups is 1. The van der Waals surface area contributed by atoms with Crippen molar-refractivity contribution in [1.82, 2.24) is 0 Å². The zero-order chi connectivity index (χ0) is 11.5. The zero-order valence-electron chi connectivity index (χ0n) is 9.16. The van der Waals surface area contributed by atoms with Gasteiger partial charge in [-0.2, -0.15) is 0 Å². The molecule has 0 bridgehead atoms. The molecule has 0 fully saturated rings. The van der Waals surface area contributed by atoms with E-state index in [4.69, 9.17) is 4.74 Å². The molecule has 1 heterocycles. The van der Waals surface area contributed by atoms with Crippen molar-refractivity contribution >= 4 is 38.5 Å². The lowest BCUT2D eigenvalue weighted by Crippen LogP contribution is -2.06. The molecule has 0 aliphatic carbocycles. The molecule has 0 saturated carbocycles. The van der Waals surface area contributed by atoms with E-state index < -0.39 is 0 Å². The Labute approximate surface area is 108 Å². The number of rotatable bonds is 2. The van der Waals surface area contributed by atoms with Crippen LogP contribution >= 0.6 is 27.7 Å². The summed E-state index contributed by atoms with van der Waals surface area (Å²) in [5, 5.41) is 4.84. The number of nitrogens with zero attached hydrogens (tertiary/aromatic N) is 1. The smallest absolute Gasteiger partial charge is 0.161 e. The Balaban J connectivity index is 2.14. The minimum atomic E-state index is 0.562. The Morgan fingerprint density at radius 3 is 3.00 bits per heavy atom. The largest absolute Gasteiger partial charge is 0.497 e. The van der Waals surface area contributed by atoms with Crippen LogP contribution in [-0.4, -0.2) is 24.1 Å². The second-order valence-corrected chi connectivity index (χ2v) is 5.83. The van der Waals surface area contributed by atoms with Crippen LogP contribution in [0.4, 0.5) is 5.69 Å². The number of nitrogens with one attached hydrogen (secondary N) is 1. The molecule has 0 saturated heterocycles. The van der Waals surface area contributed by atoms with E-state index in [1.165, 1.54) is 0 Å². The van der Waals surface area contributed by atoms with Crippen molar-refractivity contribution in [3.63, 3.8) is 0 Å². The third-order valence-corrected chi connectivity index (χ3v) is 3.92. The second-order valence-electron chi connectivity index (χ2n) is 3.55. The summed E-state index contributed by atoms with van der Waals surface area (Å²) in [5.74, 6) is 0.836. The average molecular weight is 301 g/mol. The summed E-state index contributed by atoms with van der Waals surface area (Å²) in [6.45, 7) is 3.05. The van der Waals surface area contributed by atoms with Crippen molar-refractivity contribution in [2.24, 2.45) is 4.99 Å². The van der Waals surface area contributed by atoms with Gasteiger partial charge < -0.3 is 10.1 Å². The highest BCUT2D eigenvalue weighted by Crippen LogP contribution is 2.29. The van der Waals surface area contributed by atoms with E-state index in [1.807, 2.05) is 18.2 Å². The molecular formula is C11H13BrN2OS. The lowest BCUT2D eigenvalue weighted by Gasteiger charge is -2.09. The van der Waals surface area contributed by atoms with Gasteiger partial charge in [0.25, 0.3) is 0 Å². The van der Waals surface area contributed by atoms with Gasteiger partial charge in [-0.25, -0.2) is 0 Å². The van der Waals surface area contributed by atoms with Crippen LogP contribution in [0.25, 0.3) is 0 Å². The molecule has 1 aliphatic rings. The molecule has 86 valence electrons. The molecule has 0 spiro atoms. The number of hydrogen-bond acceptors (Lipinski definition) is 4. The summed E-state index contributed by atoms with van der Waals surface area (Å²) in [5.41, 5.74) is 0.986. The Morgan fingerprint density at radius 2 is 2.38 bits per heavy atom. The van der Waals surface area contributed by atoms with Crippen molar-refractivity contribution in [1.29, 1.82) is 0 Å². The molecule has 0 radical (unpaired) electrons. The highest BCUT2D eigenvalue weighted by molar-refractivity contribution is 9.10. The molecule has 1 aromatic rings. The quantitative estimate of drug-likeness (QED) is 0.909. The Hall–Kier alpha value is -0.680. The van der Waals surface area contributed by atoms with Gasteiger partial charge in [0.15, 0.2) is 5.17 Å². The van der Waals surface area contributed by atoms with Gasteiger partial charge in [-0.1, -0.05) is 18.7 Å². The van der Waals surface area contributed by atoms with Crippen molar-refractivity contribution in [3.05, 3.63) is 22.7 Å². The lowest BCUT2D eigenvalue weighted by atomic mass is 10.3. The molecule has 1 aromatic carbocycles. The fraction of sp³-hybridized carbons (Fsp3) is 0.364. The van der Waals surface area contributed by atoms with Gasteiger partial charge in [-0.05, 0) is 28.1 Å². The van der Waals surface area contributed by atoms with Crippen molar-refractivity contribution < 1.29 is 4.74 Å². The van der Waals surface area contributed by atoms with Crippen LogP contribution in [0.2, 0.25) is 0 Å². The van der Waals surface area contributed by atoms with E-state index in [2.05, 4.69) is 33.2 Å². The monoisotopic (exact) mass is 300 g/mol. The Bertz CT molecular complexity index is 422. The highest BCUT2D eigenvalue weighted by atomic mass is 79.9. The molecule has 1 atom stereocenters. The molecule has 1 unspecified atom stereocenters. The van der Waals surface area contributed by atoms with Crippen LogP contribution in [-0.2, 0) is 0 Å². The Morgan fingerprint density at radius 1 is 1.56 bits per heavy atom. The van der Waals surface area contributed by atoms with Crippen molar-refractivity contribution in [2.45, 2.75) is 12.2 Å². The predicted molar refractivity (Wildman–Crippen MR) is 73.7 cm³/mol. The fourth-order valence-corrected chi connectivity index (χ4v) is 2.58. The van der Waals surface area contributed by atoms with Crippen LogP contribution in [0.15, 0.2) is 27.7 Å². The molecule has 2 rings (SSSR count). The summed E-state index contributed by atoms with van der Waals surface area (Å²) in [7, 11) is 1.66. The molecule has 0 amide bonds. The van der Waals surface area contributed by atoms with Gasteiger partial charge >= 0.3 is 0 Å². The van der Waals surface area contributed by atoms with Crippen molar-refractivity contribution in [2.75, 3.05) is 19.0 Å². The first-order chi connectivity index (χ1) is 7.69. The van der Waals surface area contributed by atoms with Gasteiger partial charge in [0, 0.05) is 15.8 Å². The first-order valence-corrected chi connectivity index (χ1v) is 6.68. The summed E-state index contributed by atoms with van der Waals surface area (Å²) in [4.78, 5) is 4.42. The number of anilines is 1. The summed E-state index contributed by atoms with van der Waals surface area (Å²) in [6.07, 6.45) is 0. The molecule has 0 aromatic heterocycles. The maximum Gasteiger partial charge on any atom is 0.161 e. The van der Waals surface area contributed by atoms with E-state index in [0.29, 0.717) is 5.25 Å². The van der Waals surface area contributed by atoms with Gasteiger partial charge in [0.1, 0.15) is 5.75 Å². The highest BCUT2D eigenvalue weighted by Gasteiger charge is 2.15. The average Bonchev–Trinajstić information content (AvgIpc) is 2.67. The third kappa shape index (κ3) is 2.71. The number of thioether (sulfide) groups is 1.